The average molecular weight is 431 g/mol. The van der Waals surface area contributed by atoms with Gasteiger partial charge < -0.3 is 14.6 Å². The highest BCUT2D eigenvalue weighted by atomic mass is 16.5. The fraction of sp³-hybridized carbons (Fsp3) is 0.321. The molecule has 1 unspecified atom stereocenters. The molecule has 4 nitrogen and oxygen atoms in total. The molecule has 0 heterocycles. The first-order chi connectivity index (χ1) is 15.6. The maximum absolute atomic E-state index is 12.5. The largest absolute Gasteiger partial charge is 0.466 e. The van der Waals surface area contributed by atoms with Crippen molar-refractivity contribution in [2.45, 2.75) is 31.5 Å². The van der Waals surface area contributed by atoms with E-state index in [1.807, 2.05) is 54.6 Å². The fourth-order valence-electron chi connectivity index (χ4n) is 4.82. The Hall–Kier alpha value is -2.95. The Bertz CT molecular complexity index is 891. The molecule has 3 aromatic rings. The molecule has 0 amide bonds. The van der Waals surface area contributed by atoms with Crippen LogP contribution < -0.4 is 0 Å². The summed E-state index contributed by atoms with van der Waals surface area (Å²) in [7, 11) is 0. The van der Waals surface area contributed by atoms with Crippen LogP contribution in [0.3, 0.4) is 0 Å². The number of aliphatic hydroxyl groups excluding tert-OH is 1. The van der Waals surface area contributed by atoms with Gasteiger partial charge in [-0.1, -0.05) is 91.0 Å². The summed E-state index contributed by atoms with van der Waals surface area (Å²) in [6.45, 7) is 2.47. The number of carbonyl (C=O) groups is 1. The van der Waals surface area contributed by atoms with E-state index >= 15 is 0 Å². The SMILES string of the molecule is CCOC(=O)[C@@H]1CC(O)C[C@H]1COC(c1ccccc1)(c1ccccc1)c1ccccc1. The van der Waals surface area contributed by atoms with Crippen molar-refractivity contribution in [3.05, 3.63) is 108 Å². The molecule has 0 aromatic heterocycles. The maximum Gasteiger partial charge on any atom is 0.309 e. The second-order valence-corrected chi connectivity index (χ2v) is 8.33. The molecule has 3 aromatic carbocycles. The van der Waals surface area contributed by atoms with Crippen LogP contribution in [0.2, 0.25) is 0 Å². The van der Waals surface area contributed by atoms with Gasteiger partial charge >= 0.3 is 5.97 Å². The lowest BCUT2D eigenvalue weighted by Crippen LogP contribution is -2.36. The molecule has 0 spiro atoms. The number of benzene rings is 3. The quantitative estimate of drug-likeness (QED) is 0.406. The molecule has 0 saturated heterocycles. The lowest BCUT2D eigenvalue weighted by atomic mass is 9.80. The average Bonchev–Trinajstić information content (AvgIpc) is 3.22. The van der Waals surface area contributed by atoms with Gasteiger partial charge in [-0.2, -0.15) is 0 Å². The molecular weight excluding hydrogens is 400 g/mol. The van der Waals surface area contributed by atoms with Crippen molar-refractivity contribution < 1.29 is 19.4 Å². The van der Waals surface area contributed by atoms with Crippen LogP contribution in [0.4, 0.5) is 0 Å². The van der Waals surface area contributed by atoms with Gasteiger partial charge in [-0.05, 0) is 42.4 Å². The lowest BCUT2D eigenvalue weighted by Gasteiger charge is -2.37. The molecule has 1 saturated carbocycles. The van der Waals surface area contributed by atoms with Crippen molar-refractivity contribution in [2.24, 2.45) is 11.8 Å². The minimum Gasteiger partial charge on any atom is -0.466 e. The summed E-state index contributed by atoms with van der Waals surface area (Å²) in [5.41, 5.74) is 2.21. The van der Waals surface area contributed by atoms with Crippen molar-refractivity contribution in [3.63, 3.8) is 0 Å². The zero-order chi connectivity index (χ0) is 22.4. The Morgan fingerprint density at radius 3 is 1.75 bits per heavy atom. The third-order valence-corrected chi connectivity index (χ3v) is 6.31. The zero-order valence-corrected chi connectivity index (χ0v) is 18.4. The number of carbonyl (C=O) groups excluding carboxylic acids is 1. The van der Waals surface area contributed by atoms with Crippen LogP contribution >= 0.6 is 0 Å². The molecule has 1 aliphatic carbocycles. The first-order valence-electron chi connectivity index (χ1n) is 11.3. The summed E-state index contributed by atoms with van der Waals surface area (Å²) < 4.78 is 12.1. The van der Waals surface area contributed by atoms with Crippen LogP contribution in [0.15, 0.2) is 91.0 Å². The molecule has 3 atom stereocenters. The number of hydrogen-bond donors (Lipinski definition) is 1. The van der Waals surface area contributed by atoms with Gasteiger partial charge in [0.2, 0.25) is 0 Å². The van der Waals surface area contributed by atoms with Crippen LogP contribution in [0.25, 0.3) is 0 Å². The normalized spacial score (nSPS) is 20.8. The van der Waals surface area contributed by atoms with Crippen LogP contribution in [0.1, 0.15) is 36.5 Å². The second-order valence-electron chi connectivity index (χ2n) is 8.33. The Morgan fingerprint density at radius 1 is 0.844 bits per heavy atom. The van der Waals surface area contributed by atoms with E-state index in [2.05, 4.69) is 36.4 Å². The summed E-state index contributed by atoms with van der Waals surface area (Å²) in [4.78, 5) is 12.5. The van der Waals surface area contributed by atoms with Gasteiger partial charge in [0, 0.05) is 0 Å². The Morgan fingerprint density at radius 2 is 1.31 bits per heavy atom. The summed E-state index contributed by atoms with van der Waals surface area (Å²) in [6, 6.07) is 30.5. The predicted molar refractivity (Wildman–Crippen MR) is 124 cm³/mol. The van der Waals surface area contributed by atoms with Crippen LogP contribution in [0, 0.1) is 11.8 Å². The van der Waals surface area contributed by atoms with Crippen molar-refractivity contribution in [1.29, 1.82) is 0 Å². The molecule has 1 aliphatic rings. The van der Waals surface area contributed by atoms with Crippen LogP contribution in [-0.4, -0.2) is 30.4 Å². The highest BCUT2D eigenvalue weighted by molar-refractivity contribution is 5.73. The van der Waals surface area contributed by atoms with E-state index in [4.69, 9.17) is 9.47 Å². The minimum absolute atomic E-state index is 0.112. The van der Waals surface area contributed by atoms with E-state index in [1.54, 1.807) is 6.92 Å². The summed E-state index contributed by atoms with van der Waals surface area (Å²) in [5, 5.41) is 10.3. The second kappa shape index (κ2) is 10.1. The first kappa shape index (κ1) is 22.3. The van der Waals surface area contributed by atoms with E-state index in [-0.39, 0.29) is 17.8 Å². The van der Waals surface area contributed by atoms with Crippen molar-refractivity contribution in [2.75, 3.05) is 13.2 Å². The molecule has 0 radical (unpaired) electrons. The van der Waals surface area contributed by atoms with Gasteiger partial charge in [-0.15, -0.1) is 0 Å². The van der Waals surface area contributed by atoms with Crippen molar-refractivity contribution >= 4 is 5.97 Å². The fourth-order valence-corrected chi connectivity index (χ4v) is 4.82. The van der Waals surface area contributed by atoms with E-state index in [9.17, 15) is 9.90 Å². The highest BCUT2D eigenvalue weighted by Crippen LogP contribution is 2.42. The topological polar surface area (TPSA) is 55.8 Å². The van der Waals surface area contributed by atoms with Gasteiger partial charge in [0.25, 0.3) is 0 Å². The molecule has 0 aliphatic heterocycles. The molecule has 1 N–H and O–H groups in total. The summed E-state index contributed by atoms with van der Waals surface area (Å²) >= 11 is 0. The summed E-state index contributed by atoms with van der Waals surface area (Å²) in [6.07, 6.45) is 0.428. The monoisotopic (exact) mass is 430 g/mol. The lowest BCUT2D eigenvalue weighted by molar-refractivity contribution is -0.150. The third-order valence-electron chi connectivity index (χ3n) is 6.31. The van der Waals surface area contributed by atoms with Gasteiger partial charge in [0.1, 0.15) is 5.60 Å². The van der Waals surface area contributed by atoms with Gasteiger partial charge in [-0.25, -0.2) is 0 Å². The van der Waals surface area contributed by atoms with Gasteiger partial charge in [0.05, 0.1) is 25.2 Å². The zero-order valence-electron chi connectivity index (χ0n) is 18.4. The number of aliphatic hydroxyl groups is 1. The predicted octanol–water partition coefficient (Wildman–Crippen LogP) is 4.95. The number of hydrogen-bond acceptors (Lipinski definition) is 4. The Balaban J connectivity index is 1.75. The van der Waals surface area contributed by atoms with E-state index in [0.717, 1.165) is 16.7 Å². The molecule has 0 bridgehead atoms. The standard InChI is InChI=1S/C28H30O4/c1-2-31-27(30)26-19-25(29)18-21(26)20-32-28(22-12-6-3-7-13-22,23-14-8-4-9-15-23)24-16-10-5-11-17-24/h3-17,21,25-26,29H,2,18-20H2,1H3/t21-,25?,26+/m0/s1. The smallest absolute Gasteiger partial charge is 0.309 e. The third kappa shape index (κ3) is 4.47. The maximum atomic E-state index is 12.5. The van der Waals surface area contributed by atoms with Gasteiger partial charge in [-0.3, -0.25) is 4.79 Å². The van der Waals surface area contributed by atoms with Crippen molar-refractivity contribution in [3.8, 4) is 0 Å². The van der Waals surface area contributed by atoms with Crippen molar-refractivity contribution in [1.82, 2.24) is 0 Å². The molecular formula is C28H30O4. The minimum atomic E-state index is -0.837. The molecule has 166 valence electrons. The summed E-state index contributed by atoms with van der Waals surface area (Å²) in [5.74, 6) is -0.716. The molecule has 1 fully saturated rings. The molecule has 4 rings (SSSR count). The highest BCUT2D eigenvalue weighted by Gasteiger charge is 2.43. The number of rotatable bonds is 8. The molecule has 4 heteroatoms. The van der Waals surface area contributed by atoms with Crippen LogP contribution in [-0.2, 0) is 19.9 Å². The van der Waals surface area contributed by atoms with E-state index in [1.165, 1.54) is 0 Å². The van der Waals surface area contributed by atoms with E-state index < -0.39 is 11.7 Å². The van der Waals surface area contributed by atoms with Gasteiger partial charge in [0.15, 0.2) is 0 Å². The van der Waals surface area contributed by atoms with Crippen LogP contribution in [0.5, 0.6) is 0 Å². The van der Waals surface area contributed by atoms with E-state index in [0.29, 0.717) is 26.1 Å². The molecule has 32 heavy (non-hydrogen) atoms. The Kier molecular flexibility index (Phi) is 7.03. The first-order valence-corrected chi connectivity index (χ1v) is 11.3. The number of esters is 1. The Labute approximate surface area is 189 Å². The number of ether oxygens (including phenoxy) is 2.